The summed E-state index contributed by atoms with van der Waals surface area (Å²) in [5.41, 5.74) is 7.26. The van der Waals surface area contributed by atoms with Crippen molar-refractivity contribution in [2.45, 2.75) is 70.1 Å². The Bertz CT molecular complexity index is 1200. The van der Waals surface area contributed by atoms with Crippen molar-refractivity contribution in [3.8, 4) is 0 Å². The van der Waals surface area contributed by atoms with Crippen molar-refractivity contribution in [1.82, 2.24) is 0 Å². The third-order valence-electron chi connectivity index (χ3n) is 6.50. The first kappa shape index (κ1) is 48.7. The molecule has 1 aliphatic rings. The van der Waals surface area contributed by atoms with Crippen molar-refractivity contribution in [1.29, 1.82) is 0 Å². The summed E-state index contributed by atoms with van der Waals surface area (Å²) in [6.45, 7) is 42.9. The molecule has 0 saturated heterocycles. The molecule has 0 radical (unpaired) electrons. The molecule has 0 saturated carbocycles. The zero-order valence-electron chi connectivity index (χ0n) is 26.8. The molecule has 1 atom stereocenters. The zero-order chi connectivity index (χ0) is 34.6. The quantitative estimate of drug-likeness (QED) is 0.120. The molecule has 0 aliphatic heterocycles. The normalized spacial score (nSPS) is 15.1. The first-order valence-corrected chi connectivity index (χ1v) is 21.4. The molecule has 2 aromatic rings. The molecule has 2 aromatic carbocycles. The van der Waals surface area contributed by atoms with Gasteiger partial charge >= 0.3 is 56.5 Å². The fourth-order valence-corrected chi connectivity index (χ4v) is 23.6. The summed E-state index contributed by atoms with van der Waals surface area (Å²) in [6, 6.07) is 17.4. The van der Waals surface area contributed by atoms with Crippen LogP contribution in [0.15, 0.2) is 78.4 Å². The zero-order valence-corrected chi connectivity index (χ0v) is 32.6. The van der Waals surface area contributed by atoms with Crippen LogP contribution in [0.4, 0.5) is 4.20 Å². The third kappa shape index (κ3) is 14.7. The van der Waals surface area contributed by atoms with Gasteiger partial charge in [-0.25, -0.2) is 4.20 Å². The minimum Gasteiger partial charge on any atom is 0 e. The van der Waals surface area contributed by atoms with Gasteiger partial charge in [-0.1, -0.05) is 123 Å². The van der Waals surface area contributed by atoms with Gasteiger partial charge in [0.15, 0.2) is 0 Å². The predicted octanol–water partition coefficient (Wildman–Crippen LogP) is 9.29. The van der Waals surface area contributed by atoms with Crippen LogP contribution in [0.25, 0.3) is 5.57 Å². The van der Waals surface area contributed by atoms with Crippen molar-refractivity contribution in [2.75, 3.05) is 0 Å². The number of benzene rings is 2. The summed E-state index contributed by atoms with van der Waals surface area (Å²) in [5, 5.41) is -0.504. The van der Waals surface area contributed by atoms with E-state index in [-0.39, 0.29) is 26.0 Å². The van der Waals surface area contributed by atoms with Crippen LogP contribution >= 0.6 is 8.23 Å². The monoisotopic (exact) mass is 818 g/mol. The molecule has 1 aliphatic carbocycles. The van der Waals surface area contributed by atoms with Gasteiger partial charge in [-0.3, -0.25) is 0 Å². The standard InChI is InChI=1S/C29H40FPSi2.5CO.W/c1-22-10-14-24(15-11-22)27(25-16-12-23(2)13-17-25)26-18-20-29(3,21-19-26)31(30)28(32(4,5)6)33(7,8)9;5*1-2;/h10-21,28H,1-9H3;;;;;;. The van der Waals surface area contributed by atoms with Gasteiger partial charge in [0.1, 0.15) is 0 Å². The van der Waals surface area contributed by atoms with Gasteiger partial charge < -0.3 is 0 Å². The molecule has 0 fully saturated rings. The van der Waals surface area contributed by atoms with Crippen molar-refractivity contribution < 1.29 is 48.5 Å². The molecule has 5 nitrogen and oxygen atoms in total. The fraction of sp³-hybridized carbons (Fsp3) is 0.324. The second-order valence-corrected chi connectivity index (χ2v) is 26.2. The second kappa shape index (κ2) is 24.1. The third-order valence-corrected chi connectivity index (χ3v) is 22.7. The van der Waals surface area contributed by atoms with E-state index in [9.17, 15) is 0 Å². The maximum Gasteiger partial charge on any atom is 0 e. The fourth-order valence-electron chi connectivity index (χ4n) is 5.13. The van der Waals surface area contributed by atoms with E-state index in [1.165, 1.54) is 27.8 Å². The molecular weight excluding hydrogens is 778 g/mol. The number of allylic oxidation sites excluding steroid dienone is 5. The molecule has 3 rings (SSSR count). The molecule has 232 valence electrons. The Labute approximate surface area is 281 Å². The van der Waals surface area contributed by atoms with Gasteiger partial charge in [-0.15, -0.1) is 0 Å². The average molecular weight is 819 g/mol. The Kier molecular flexibility index (Phi) is 26.7. The van der Waals surface area contributed by atoms with Gasteiger partial charge in [0.2, 0.25) is 0 Å². The first-order chi connectivity index (χ1) is 20.2. The van der Waals surface area contributed by atoms with E-state index in [0.717, 1.165) is 5.57 Å². The van der Waals surface area contributed by atoms with Crippen LogP contribution in [0.1, 0.15) is 29.2 Å². The van der Waals surface area contributed by atoms with E-state index in [1.54, 1.807) is 0 Å². The molecule has 0 N–H and O–H groups in total. The van der Waals surface area contributed by atoms with Crippen LogP contribution in [-0.2, 0) is 44.3 Å². The van der Waals surface area contributed by atoms with Gasteiger partial charge in [0.05, 0.1) is 29.5 Å². The van der Waals surface area contributed by atoms with Crippen molar-refractivity contribution in [3.63, 3.8) is 0 Å². The Morgan fingerprint density at radius 2 is 0.909 bits per heavy atom. The summed E-state index contributed by atoms with van der Waals surface area (Å²) in [7, 11) is -4.92. The average Bonchev–Trinajstić information content (AvgIpc) is 3.00. The molecule has 0 spiro atoms. The maximum absolute atomic E-state index is 16.4. The summed E-state index contributed by atoms with van der Waals surface area (Å²) < 4.78 is 53.9. The Morgan fingerprint density at radius 1 is 0.636 bits per heavy atom. The number of halogens is 1. The van der Waals surface area contributed by atoms with Gasteiger partial charge in [-0.05, 0) is 47.9 Å². The number of hydrogen-bond donors (Lipinski definition) is 0. The Balaban J connectivity index is -0.000000660. The van der Waals surface area contributed by atoms with Crippen molar-refractivity contribution in [3.05, 3.63) is 134 Å². The topological polar surface area (TPSA) is 99.5 Å². The van der Waals surface area contributed by atoms with Crippen LogP contribution in [0.3, 0.4) is 0 Å². The molecule has 44 heavy (non-hydrogen) atoms. The van der Waals surface area contributed by atoms with Gasteiger partial charge in [0.25, 0.3) is 0 Å². The summed E-state index contributed by atoms with van der Waals surface area (Å²) in [4.78, 5) is 0.262. The molecule has 0 amide bonds. The SMILES string of the molecule is Cc1ccc(C(=C2C=CC(C)(P(F)C([Si](C)(C)C)[Si](C)(C)C)C=C2)c2ccc(C)cc2)cc1.[C-]#[O+].[C-]#[O+].[C-]#[O+].[C-]#[O+].[C-]#[O+].[W]. The van der Waals surface area contributed by atoms with Crippen LogP contribution < -0.4 is 0 Å². The van der Waals surface area contributed by atoms with E-state index in [1.807, 2.05) is 0 Å². The molecular formula is C34H40FO5PSi2W. The van der Waals surface area contributed by atoms with Gasteiger partial charge in [-0.2, -0.15) is 0 Å². The van der Waals surface area contributed by atoms with E-state index < -0.39 is 29.5 Å². The molecule has 0 heterocycles. The Hall–Kier alpha value is -2.16. The number of aryl methyl sites for hydroxylation is 2. The minimum absolute atomic E-state index is 0. The van der Waals surface area contributed by atoms with Crippen LogP contribution in [0.2, 0.25) is 39.3 Å². The maximum atomic E-state index is 16.4. The summed E-state index contributed by atoms with van der Waals surface area (Å²) in [5.74, 6) is 0. The predicted molar refractivity (Wildman–Crippen MR) is 173 cm³/mol. The molecule has 0 aromatic heterocycles. The largest absolute Gasteiger partial charge is 0 e. The van der Waals surface area contributed by atoms with Crippen LogP contribution in [0, 0.1) is 47.1 Å². The molecule has 10 heteroatoms. The summed E-state index contributed by atoms with van der Waals surface area (Å²) >= 11 is 0. The summed E-state index contributed by atoms with van der Waals surface area (Å²) in [6.07, 6.45) is 8.66. The van der Waals surface area contributed by atoms with Crippen molar-refractivity contribution >= 4 is 30.0 Å². The number of hydrogen-bond acceptors (Lipinski definition) is 0. The van der Waals surface area contributed by atoms with Crippen molar-refractivity contribution in [2.24, 2.45) is 0 Å². The van der Waals surface area contributed by atoms with E-state index in [0.29, 0.717) is 0 Å². The van der Waals surface area contributed by atoms with Crippen LogP contribution in [-0.4, -0.2) is 26.2 Å². The number of rotatable bonds is 6. The molecule has 0 bridgehead atoms. The van der Waals surface area contributed by atoms with Crippen LogP contribution in [0.5, 0.6) is 0 Å². The van der Waals surface area contributed by atoms with Gasteiger partial charge in [0, 0.05) is 21.1 Å². The first-order valence-electron chi connectivity index (χ1n) is 13.0. The van der Waals surface area contributed by atoms with E-state index in [4.69, 9.17) is 23.3 Å². The minimum atomic E-state index is -1.65. The second-order valence-electron chi connectivity index (χ2n) is 11.9. The molecule has 1 unspecified atom stereocenters. The Morgan fingerprint density at radius 3 is 1.16 bits per heavy atom. The smallest absolute Gasteiger partial charge is 0 e. The van der Waals surface area contributed by atoms with E-state index >= 15 is 4.20 Å². The van der Waals surface area contributed by atoms with E-state index in [2.05, 4.69) is 166 Å².